The highest BCUT2D eigenvalue weighted by molar-refractivity contribution is 5.78. The number of fused-ring (bicyclic) bond motifs is 1. The maximum absolute atomic E-state index is 13.3. The van der Waals surface area contributed by atoms with Crippen LogP contribution in [0.25, 0.3) is 11.0 Å². The first kappa shape index (κ1) is 15.4. The lowest BCUT2D eigenvalue weighted by atomic mass is 10.1. The van der Waals surface area contributed by atoms with Crippen molar-refractivity contribution in [2.75, 3.05) is 5.32 Å². The second-order valence-electron chi connectivity index (χ2n) is 6.33. The molecule has 0 saturated heterocycles. The molecule has 0 aliphatic heterocycles. The van der Waals surface area contributed by atoms with Crippen molar-refractivity contribution in [1.82, 2.24) is 29.8 Å². The number of imidazole rings is 1. The second-order valence-corrected chi connectivity index (χ2v) is 6.33. The molecule has 1 aromatic carbocycles. The Morgan fingerprint density at radius 2 is 2.04 bits per heavy atom. The molecule has 0 saturated carbocycles. The van der Waals surface area contributed by atoms with Crippen molar-refractivity contribution < 1.29 is 4.39 Å². The van der Waals surface area contributed by atoms with Gasteiger partial charge in [-0.1, -0.05) is 0 Å². The number of rotatable bonds is 4. The summed E-state index contributed by atoms with van der Waals surface area (Å²) in [5.41, 5.74) is 1.31. The minimum atomic E-state index is -0.292. The molecule has 0 amide bonds. The van der Waals surface area contributed by atoms with Gasteiger partial charge in [0.1, 0.15) is 5.82 Å². The predicted molar refractivity (Wildman–Crippen MR) is 85.5 cm³/mol. The van der Waals surface area contributed by atoms with Gasteiger partial charge in [0.2, 0.25) is 5.95 Å². The second kappa shape index (κ2) is 5.60. The Morgan fingerprint density at radius 1 is 1.26 bits per heavy atom. The normalized spacial score (nSPS) is 12.0. The van der Waals surface area contributed by atoms with E-state index in [2.05, 4.69) is 25.7 Å². The van der Waals surface area contributed by atoms with Gasteiger partial charge in [-0.05, 0) is 45.0 Å². The summed E-state index contributed by atoms with van der Waals surface area (Å²) in [6.45, 7) is 9.18. The van der Waals surface area contributed by atoms with Crippen LogP contribution >= 0.6 is 0 Å². The Morgan fingerprint density at radius 3 is 2.70 bits per heavy atom. The number of hydrogen-bond acceptors (Lipinski definition) is 5. The van der Waals surface area contributed by atoms with E-state index in [-0.39, 0.29) is 11.4 Å². The number of anilines is 1. The van der Waals surface area contributed by atoms with Gasteiger partial charge in [0.15, 0.2) is 5.82 Å². The molecular weight excluding hydrogens is 297 g/mol. The van der Waals surface area contributed by atoms with Crippen molar-refractivity contribution >= 4 is 17.0 Å². The van der Waals surface area contributed by atoms with E-state index in [4.69, 9.17) is 0 Å². The van der Waals surface area contributed by atoms with E-state index in [0.29, 0.717) is 23.8 Å². The molecule has 3 aromatic rings. The summed E-state index contributed by atoms with van der Waals surface area (Å²) in [7, 11) is 0. The van der Waals surface area contributed by atoms with Crippen molar-refractivity contribution in [3.8, 4) is 0 Å². The van der Waals surface area contributed by atoms with Crippen molar-refractivity contribution in [2.45, 2.75) is 46.3 Å². The summed E-state index contributed by atoms with van der Waals surface area (Å²) in [6.07, 6.45) is 0. The first-order valence-electron chi connectivity index (χ1n) is 7.57. The van der Waals surface area contributed by atoms with Crippen LogP contribution in [-0.2, 0) is 18.6 Å². The number of nitrogens with one attached hydrogen (secondary N) is 1. The van der Waals surface area contributed by atoms with E-state index in [9.17, 15) is 4.39 Å². The molecule has 8 heteroatoms. The van der Waals surface area contributed by atoms with Crippen LogP contribution < -0.4 is 5.32 Å². The van der Waals surface area contributed by atoms with E-state index in [0.717, 1.165) is 12.1 Å². The molecule has 23 heavy (non-hydrogen) atoms. The van der Waals surface area contributed by atoms with Gasteiger partial charge in [-0.3, -0.25) is 0 Å². The molecular formula is C15H20FN7. The van der Waals surface area contributed by atoms with Gasteiger partial charge in [-0.15, -0.1) is 10.2 Å². The number of aryl methyl sites for hydroxylation is 1. The first-order chi connectivity index (χ1) is 10.9. The molecule has 0 fully saturated rings. The number of tetrazole rings is 1. The van der Waals surface area contributed by atoms with Crippen LogP contribution in [0.2, 0.25) is 0 Å². The fraction of sp³-hybridized carbons (Fsp3) is 0.467. The van der Waals surface area contributed by atoms with Crippen LogP contribution in [0.15, 0.2) is 18.2 Å². The van der Waals surface area contributed by atoms with Gasteiger partial charge in [-0.2, -0.15) is 4.80 Å². The van der Waals surface area contributed by atoms with Gasteiger partial charge in [0, 0.05) is 12.6 Å². The van der Waals surface area contributed by atoms with E-state index in [1.165, 1.54) is 12.1 Å². The lowest BCUT2D eigenvalue weighted by molar-refractivity contribution is 0.305. The molecule has 122 valence electrons. The molecule has 0 aliphatic carbocycles. The fourth-order valence-electron chi connectivity index (χ4n) is 2.31. The fourth-order valence-corrected chi connectivity index (χ4v) is 2.31. The minimum absolute atomic E-state index is 0.209. The third-order valence-electron chi connectivity index (χ3n) is 3.49. The average molecular weight is 317 g/mol. The summed E-state index contributed by atoms with van der Waals surface area (Å²) < 4.78 is 15.3. The third-order valence-corrected chi connectivity index (χ3v) is 3.49. The summed E-state index contributed by atoms with van der Waals surface area (Å²) in [5.74, 6) is 0.959. The van der Waals surface area contributed by atoms with Crippen LogP contribution in [0.3, 0.4) is 0 Å². The van der Waals surface area contributed by atoms with E-state index < -0.39 is 0 Å². The molecule has 2 heterocycles. The van der Waals surface area contributed by atoms with Gasteiger partial charge in [0.25, 0.3) is 0 Å². The summed E-state index contributed by atoms with van der Waals surface area (Å²) in [6, 6.07) is 4.61. The van der Waals surface area contributed by atoms with Crippen molar-refractivity contribution in [2.24, 2.45) is 0 Å². The summed E-state index contributed by atoms with van der Waals surface area (Å²) in [4.78, 5) is 6.03. The number of halogens is 1. The number of nitrogens with zero attached hydrogens (tertiary/aromatic N) is 6. The lowest BCUT2D eigenvalue weighted by Gasteiger charge is -2.15. The first-order valence-corrected chi connectivity index (χ1v) is 7.57. The average Bonchev–Trinajstić information content (AvgIpc) is 3.07. The minimum Gasteiger partial charge on any atom is -0.348 e. The molecule has 7 nitrogen and oxygen atoms in total. The molecule has 0 unspecified atom stereocenters. The highest BCUT2D eigenvalue weighted by atomic mass is 19.1. The summed E-state index contributed by atoms with van der Waals surface area (Å²) >= 11 is 0. The molecule has 0 aliphatic rings. The largest absolute Gasteiger partial charge is 0.348 e. The Hall–Kier alpha value is -2.51. The van der Waals surface area contributed by atoms with E-state index in [1.54, 1.807) is 10.9 Å². The van der Waals surface area contributed by atoms with Crippen LogP contribution in [0, 0.1) is 5.82 Å². The quantitative estimate of drug-likeness (QED) is 0.800. The molecule has 3 rings (SSSR count). The maximum atomic E-state index is 13.3. The Bertz CT molecular complexity index is 828. The van der Waals surface area contributed by atoms with E-state index >= 15 is 0 Å². The Balaban J connectivity index is 1.83. The molecule has 0 spiro atoms. The lowest BCUT2D eigenvalue weighted by Crippen LogP contribution is -2.24. The Labute approximate surface area is 133 Å². The standard InChI is InChI=1S/C15H20FN7/c1-5-22-12-7-6-10(16)8-11(12)18-14(22)17-9-13-19-21-23(20-13)15(2,3)4/h6-8H,5,9H2,1-4H3,(H,17,18). The zero-order valence-corrected chi connectivity index (χ0v) is 13.7. The van der Waals surface area contributed by atoms with Gasteiger partial charge in [0.05, 0.1) is 23.1 Å². The van der Waals surface area contributed by atoms with Gasteiger partial charge in [-0.25, -0.2) is 9.37 Å². The highest BCUT2D eigenvalue weighted by Crippen LogP contribution is 2.21. The SMILES string of the molecule is CCn1c(NCc2nnn(C(C)(C)C)n2)nc2cc(F)ccc21. The molecule has 1 N–H and O–H groups in total. The van der Waals surface area contributed by atoms with Crippen LogP contribution in [0.4, 0.5) is 10.3 Å². The van der Waals surface area contributed by atoms with E-state index in [1.807, 2.05) is 32.3 Å². The zero-order chi connectivity index (χ0) is 16.6. The Kier molecular flexibility index (Phi) is 3.75. The highest BCUT2D eigenvalue weighted by Gasteiger charge is 2.17. The van der Waals surface area contributed by atoms with Crippen molar-refractivity contribution in [1.29, 1.82) is 0 Å². The van der Waals surface area contributed by atoms with Crippen molar-refractivity contribution in [3.05, 3.63) is 29.8 Å². The van der Waals surface area contributed by atoms with Gasteiger partial charge >= 0.3 is 0 Å². The number of aromatic nitrogens is 6. The molecule has 0 radical (unpaired) electrons. The molecule has 0 bridgehead atoms. The maximum Gasteiger partial charge on any atom is 0.204 e. The van der Waals surface area contributed by atoms with Crippen LogP contribution in [0.5, 0.6) is 0 Å². The zero-order valence-electron chi connectivity index (χ0n) is 13.7. The van der Waals surface area contributed by atoms with Crippen LogP contribution in [0.1, 0.15) is 33.5 Å². The smallest absolute Gasteiger partial charge is 0.204 e. The predicted octanol–water partition coefficient (Wildman–Crippen LogP) is 2.55. The monoisotopic (exact) mass is 317 g/mol. The number of benzene rings is 1. The van der Waals surface area contributed by atoms with Gasteiger partial charge < -0.3 is 9.88 Å². The summed E-state index contributed by atoms with van der Waals surface area (Å²) in [5, 5.41) is 15.7. The number of hydrogen-bond donors (Lipinski definition) is 1. The molecule has 2 aromatic heterocycles. The van der Waals surface area contributed by atoms with Crippen LogP contribution in [-0.4, -0.2) is 29.8 Å². The topological polar surface area (TPSA) is 73.5 Å². The van der Waals surface area contributed by atoms with Crippen molar-refractivity contribution in [3.63, 3.8) is 0 Å². The third kappa shape index (κ3) is 3.01. The molecule has 0 atom stereocenters.